The zero-order valence-electron chi connectivity index (χ0n) is 17.0. The van der Waals surface area contributed by atoms with E-state index in [-0.39, 0.29) is 12.2 Å². The maximum atomic E-state index is 6.52. The van der Waals surface area contributed by atoms with Crippen molar-refractivity contribution in [3.8, 4) is 11.5 Å². The molecule has 0 atom stereocenters. The van der Waals surface area contributed by atoms with E-state index >= 15 is 0 Å². The van der Waals surface area contributed by atoms with E-state index in [1.165, 1.54) is 16.7 Å². The van der Waals surface area contributed by atoms with Gasteiger partial charge in [0.25, 0.3) is 0 Å². The summed E-state index contributed by atoms with van der Waals surface area (Å²) in [5.41, 5.74) is 6.92. The van der Waals surface area contributed by atoms with Crippen LogP contribution >= 0.6 is 19.4 Å². The molecule has 0 aromatic heterocycles. The molecule has 0 radical (unpaired) electrons. The number of benzene rings is 2. The minimum absolute atomic E-state index is 0.0372. The summed E-state index contributed by atoms with van der Waals surface area (Å²) in [6.07, 6.45) is 2.27. The van der Waals surface area contributed by atoms with Crippen LogP contribution in [0.4, 0.5) is 0 Å². The van der Waals surface area contributed by atoms with Crippen LogP contribution in [-0.4, -0.2) is 16.3 Å². The second kappa shape index (κ2) is 8.70. The topological polar surface area (TPSA) is 18.5 Å². The first kappa shape index (κ1) is 21.6. The first-order chi connectivity index (χ1) is 13.2. The van der Waals surface area contributed by atoms with E-state index in [0.717, 1.165) is 32.3 Å². The van der Waals surface area contributed by atoms with Gasteiger partial charge in [0, 0.05) is 0 Å². The van der Waals surface area contributed by atoms with Crippen molar-refractivity contribution in [1.82, 2.24) is 0 Å². The Morgan fingerprint density at radius 2 is 1.46 bits per heavy atom. The van der Waals surface area contributed by atoms with Crippen LogP contribution in [0.25, 0.3) is 5.57 Å². The van der Waals surface area contributed by atoms with Crippen molar-refractivity contribution in [2.24, 2.45) is 0 Å². The fourth-order valence-corrected chi connectivity index (χ4v) is 6.02. The molecule has 1 aliphatic rings. The number of ether oxygens (including phenoxy) is 2. The molecule has 3 rings (SSSR count). The summed E-state index contributed by atoms with van der Waals surface area (Å²) in [7, 11) is 13.0. The van der Waals surface area contributed by atoms with Crippen LogP contribution in [-0.2, 0) is 13.5 Å². The van der Waals surface area contributed by atoms with Crippen LogP contribution in [0.3, 0.4) is 0 Å². The van der Waals surface area contributed by atoms with Crippen molar-refractivity contribution in [3.63, 3.8) is 0 Å². The van der Waals surface area contributed by atoms with Crippen LogP contribution in [0.1, 0.15) is 55.5 Å². The number of aryl methyl sites for hydroxylation is 2. The summed E-state index contributed by atoms with van der Waals surface area (Å²) >= 11 is -2.15. The number of allylic oxidation sites excluding steroid dienone is 1. The average molecular weight is 506 g/mol. The van der Waals surface area contributed by atoms with Gasteiger partial charge in [0.05, 0.1) is 0 Å². The zero-order valence-corrected chi connectivity index (χ0v) is 20.3. The molecule has 0 saturated carbocycles. The third kappa shape index (κ3) is 4.37. The summed E-state index contributed by atoms with van der Waals surface area (Å²) in [6.45, 7) is 12.4. The van der Waals surface area contributed by atoms with E-state index in [0.29, 0.717) is 0 Å². The number of fused-ring (bicyclic) bond motifs is 1. The molecule has 0 N–H and O–H groups in total. The predicted octanol–water partition coefficient (Wildman–Crippen LogP) is 6.77. The van der Waals surface area contributed by atoms with Gasteiger partial charge in [0.2, 0.25) is 0 Å². The van der Waals surface area contributed by atoms with E-state index in [2.05, 4.69) is 44.2 Å². The molecule has 2 aromatic rings. The van der Waals surface area contributed by atoms with E-state index in [1.54, 1.807) is 0 Å². The summed E-state index contributed by atoms with van der Waals surface area (Å²) in [4.78, 5) is 0. The molecule has 0 spiro atoms. The van der Waals surface area contributed by atoms with Gasteiger partial charge in [-0.3, -0.25) is 0 Å². The Kier molecular flexibility index (Phi) is 6.70. The van der Waals surface area contributed by atoms with E-state index < -0.39 is 13.5 Å². The van der Waals surface area contributed by atoms with Crippen LogP contribution in [0.15, 0.2) is 36.4 Å². The molecule has 28 heavy (non-hydrogen) atoms. The Morgan fingerprint density at radius 3 is 2.00 bits per heavy atom. The van der Waals surface area contributed by atoms with Gasteiger partial charge in [-0.2, -0.15) is 0 Å². The van der Waals surface area contributed by atoms with E-state index in [1.807, 2.05) is 33.8 Å². The first-order valence-electron chi connectivity index (χ1n) is 9.36. The monoisotopic (exact) mass is 506 g/mol. The van der Waals surface area contributed by atoms with Crippen molar-refractivity contribution < 1.29 is 23.0 Å². The Morgan fingerprint density at radius 1 is 0.857 bits per heavy atom. The molecule has 2 aromatic carbocycles. The molecule has 0 amide bonds. The van der Waals surface area contributed by atoms with Crippen molar-refractivity contribution in [2.45, 2.75) is 53.8 Å². The zero-order chi connectivity index (χ0) is 20.6. The first-order valence-corrected chi connectivity index (χ1v) is 14.7. The van der Waals surface area contributed by atoms with Crippen LogP contribution < -0.4 is 9.47 Å². The molecule has 0 saturated heterocycles. The molecule has 152 valence electrons. The fourth-order valence-electron chi connectivity index (χ4n) is 3.55. The summed E-state index contributed by atoms with van der Waals surface area (Å²) in [5, 5.41) is 0. The molecule has 2 nitrogen and oxygen atoms in total. The molecule has 0 fully saturated rings. The standard InChI is InChI=1S/C23H26O2.2ClH.Ru/c1-14(2)24-18-12-21-19(22(13-18)25-15(3)4)10-11-20(21)23-16(5)8-7-9-17(23)6;;;/h7-9,11-15H,1-6H3;2*1H;/q;;;+2/p-2. The molecule has 0 bridgehead atoms. The van der Waals surface area contributed by atoms with Crippen molar-refractivity contribution in [1.29, 1.82) is 0 Å². The van der Waals surface area contributed by atoms with Crippen molar-refractivity contribution >= 4 is 29.1 Å². The van der Waals surface area contributed by atoms with Crippen LogP contribution in [0.2, 0.25) is 0 Å². The summed E-state index contributed by atoms with van der Waals surface area (Å²) in [5.74, 6) is 1.58. The van der Waals surface area contributed by atoms with Gasteiger partial charge >= 0.3 is 182 Å². The Hall–Kier alpha value is -1.15. The molecular weight excluding hydrogens is 480 g/mol. The number of rotatable bonds is 5. The normalized spacial score (nSPS) is 13.7. The molecule has 0 aliphatic heterocycles. The third-order valence-corrected chi connectivity index (χ3v) is 7.59. The minimum atomic E-state index is -2.15. The molecule has 0 heterocycles. The van der Waals surface area contributed by atoms with Gasteiger partial charge in [-0.05, 0) is 0 Å². The maximum absolute atomic E-state index is 6.52. The van der Waals surface area contributed by atoms with Gasteiger partial charge in [-0.1, -0.05) is 0 Å². The van der Waals surface area contributed by atoms with Gasteiger partial charge in [0.1, 0.15) is 0 Å². The van der Waals surface area contributed by atoms with E-state index in [9.17, 15) is 0 Å². The molecular formula is C23H26Cl2O2Ru. The number of hydrogen-bond acceptors (Lipinski definition) is 2. The van der Waals surface area contributed by atoms with E-state index in [4.69, 9.17) is 28.9 Å². The van der Waals surface area contributed by atoms with Gasteiger partial charge in [-0.25, -0.2) is 0 Å². The van der Waals surface area contributed by atoms with Crippen LogP contribution in [0, 0.1) is 13.8 Å². The SMILES string of the molecule is Cc1cccc(C)c1C1=C[C](=[Ru]([Cl])[Cl])c2c(OC(C)C)cc(OC(C)C)cc21. The number of halogens is 2. The molecule has 0 unspecified atom stereocenters. The summed E-state index contributed by atoms with van der Waals surface area (Å²) in [6, 6.07) is 10.4. The fraction of sp³-hybridized carbons (Fsp3) is 0.348. The molecule has 1 aliphatic carbocycles. The average Bonchev–Trinajstić information content (AvgIpc) is 2.93. The van der Waals surface area contributed by atoms with Gasteiger partial charge in [-0.15, -0.1) is 0 Å². The van der Waals surface area contributed by atoms with Gasteiger partial charge in [0.15, 0.2) is 0 Å². The second-order valence-electron chi connectivity index (χ2n) is 7.52. The second-order valence-corrected chi connectivity index (χ2v) is 13.3. The van der Waals surface area contributed by atoms with Gasteiger partial charge < -0.3 is 0 Å². The quantitative estimate of drug-likeness (QED) is 0.417. The van der Waals surface area contributed by atoms with Crippen molar-refractivity contribution in [2.75, 3.05) is 0 Å². The number of hydrogen-bond donors (Lipinski definition) is 0. The Labute approximate surface area is 181 Å². The third-order valence-electron chi connectivity index (χ3n) is 4.50. The molecule has 5 heteroatoms. The Balaban J connectivity index is 2.31. The predicted molar refractivity (Wildman–Crippen MR) is 117 cm³/mol. The summed E-state index contributed by atoms with van der Waals surface area (Å²) < 4.78 is 13.2. The van der Waals surface area contributed by atoms with Crippen molar-refractivity contribution in [3.05, 3.63) is 64.2 Å². The van der Waals surface area contributed by atoms with Crippen LogP contribution in [0.5, 0.6) is 11.5 Å². The Bertz CT molecular complexity index is 951.